The lowest BCUT2D eigenvalue weighted by Gasteiger charge is -2.13. The molecule has 0 radical (unpaired) electrons. The summed E-state index contributed by atoms with van der Waals surface area (Å²) in [6.07, 6.45) is 0.413. The number of pyridine rings is 1. The predicted molar refractivity (Wildman–Crippen MR) is 113 cm³/mol. The van der Waals surface area contributed by atoms with Crippen LogP contribution in [0.25, 0.3) is 16.7 Å². The van der Waals surface area contributed by atoms with E-state index in [1.807, 2.05) is 72.3 Å². The molecule has 2 heterocycles. The fourth-order valence-corrected chi connectivity index (χ4v) is 3.65. The van der Waals surface area contributed by atoms with E-state index in [4.69, 9.17) is 9.72 Å². The fraction of sp³-hybridized carbons (Fsp3) is 0.217. The predicted octanol–water partition coefficient (Wildman–Crippen LogP) is 3.09. The molecule has 0 unspecified atom stereocenters. The van der Waals surface area contributed by atoms with E-state index in [1.165, 1.54) is 0 Å². The summed E-state index contributed by atoms with van der Waals surface area (Å²) in [5, 5.41) is 10.0. The Morgan fingerprint density at radius 1 is 1.07 bits per heavy atom. The van der Waals surface area contributed by atoms with Crippen molar-refractivity contribution in [2.45, 2.75) is 19.9 Å². The van der Waals surface area contributed by atoms with Gasteiger partial charge in [0.1, 0.15) is 5.75 Å². The van der Waals surface area contributed by atoms with Crippen LogP contribution in [0, 0.1) is 6.92 Å². The second-order valence-electron chi connectivity index (χ2n) is 6.95. The highest BCUT2D eigenvalue weighted by Gasteiger charge is 2.19. The van der Waals surface area contributed by atoms with Crippen molar-refractivity contribution in [1.29, 1.82) is 0 Å². The smallest absolute Gasteiger partial charge is 0.281 e. The van der Waals surface area contributed by atoms with Gasteiger partial charge in [0.15, 0.2) is 5.65 Å². The Bertz CT molecular complexity index is 1190. The molecule has 0 aliphatic carbocycles. The Labute approximate surface area is 168 Å². The van der Waals surface area contributed by atoms with Crippen molar-refractivity contribution in [2.24, 2.45) is 0 Å². The Kier molecular flexibility index (Phi) is 5.18. The van der Waals surface area contributed by atoms with Gasteiger partial charge in [-0.3, -0.25) is 9.48 Å². The van der Waals surface area contributed by atoms with E-state index in [2.05, 4.69) is 0 Å². The van der Waals surface area contributed by atoms with E-state index < -0.39 is 0 Å². The maximum Gasteiger partial charge on any atom is 0.281 e. The van der Waals surface area contributed by atoms with Gasteiger partial charge in [0.05, 0.1) is 24.7 Å². The van der Waals surface area contributed by atoms with E-state index in [9.17, 15) is 9.90 Å². The van der Waals surface area contributed by atoms with Gasteiger partial charge in [-0.25, -0.2) is 9.67 Å². The zero-order chi connectivity index (χ0) is 20.4. The number of benzene rings is 2. The van der Waals surface area contributed by atoms with Gasteiger partial charge in [-0.05, 0) is 54.8 Å². The molecule has 29 heavy (non-hydrogen) atoms. The quantitative estimate of drug-likeness (QED) is 0.550. The van der Waals surface area contributed by atoms with Crippen molar-refractivity contribution in [3.63, 3.8) is 0 Å². The summed E-state index contributed by atoms with van der Waals surface area (Å²) in [5.41, 5.74) is 3.93. The first-order valence-electron chi connectivity index (χ1n) is 9.53. The van der Waals surface area contributed by atoms with Gasteiger partial charge >= 0.3 is 0 Å². The molecule has 148 valence electrons. The van der Waals surface area contributed by atoms with Crippen molar-refractivity contribution in [3.8, 4) is 11.4 Å². The van der Waals surface area contributed by atoms with Crippen molar-refractivity contribution < 1.29 is 9.84 Å². The SMILES string of the molecule is COc1ccc(Cn2c3nc(C)cc(CCO)c3c(=O)n2-c2ccccc2)cc1. The lowest BCUT2D eigenvalue weighted by atomic mass is 10.1. The Balaban J connectivity index is 1.98. The number of aliphatic hydroxyl groups is 1. The molecule has 0 amide bonds. The molecular weight excluding hydrogens is 366 g/mol. The average molecular weight is 389 g/mol. The molecule has 0 bridgehead atoms. The monoisotopic (exact) mass is 389 g/mol. The molecule has 2 aromatic heterocycles. The van der Waals surface area contributed by atoms with Gasteiger partial charge in [-0.15, -0.1) is 0 Å². The highest BCUT2D eigenvalue weighted by molar-refractivity contribution is 5.80. The number of ether oxygens (including phenoxy) is 1. The van der Waals surface area contributed by atoms with Gasteiger partial charge in [-0.1, -0.05) is 30.3 Å². The van der Waals surface area contributed by atoms with Crippen LogP contribution in [0.2, 0.25) is 0 Å². The maximum absolute atomic E-state index is 13.4. The van der Waals surface area contributed by atoms with E-state index in [0.29, 0.717) is 24.0 Å². The molecule has 1 N–H and O–H groups in total. The molecular formula is C23H23N3O3. The maximum atomic E-state index is 13.4. The molecule has 4 aromatic rings. The number of rotatable bonds is 6. The highest BCUT2D eigenvalue weighted by atomic mass is 16.5. The van der Waals surface area contributed by atoms with Crippen molar-refractivity contribution in [2.75, 3.05) is 13.7 Å². The van der Waals surface area contributed by atoms with Crippen LogP contribution in [-0.4, -0.2) is 33.2 Å². The topological polar surface area (TPSA) is 69.3 Å². The standard InChI is InChI=1S/C23H23N3O3/c1-16-14-18(12-13-27)21-22(24-16)25(15-17-8-10-20(29-2)11-9-17)26(23(21)28)19-6-4-3-5-7-19/h3-11,14,27H,12-13,15H2,1-2H3. The number of aryl methyl sites for hydroxylation is 1. The first kappa shape index (κ1) is 19.0. The van der Waals surface area contributed by atoms with Gasteiger partial charge in [0.25, 0.3) is 5.56 Å². The molecule has 0 fully saturated rings. The van der Waals surface area contributed by atoms with Crippen molar-refractivity contribution >= 4 is 11.0 Å². The number of aromatic nitrogens is 3. The molecule has 4 rings (SSSR count). The number of methoxy groups -OCH3 is 1. The summed E-state index contributed by atoms with van der Waals surface area (Å²) in [6.45, 7) is 2.36. The largest absolute Gasteiger partial charge is 0.497 e. The van der Waals surface area contributed by atoms with Gasteiger partial charge < -0.3 is 9.84 Å². The summed E-state index contributed by atoms with van der Waals surface area (Å²) in [6, 6.07) is 19.2. The molecule has 0 atom stereocenters. The first-order chi connectivity index (χ1) is 14.1. The summed E-state index contributed by atoms with van der Waals surface area (Å²) < 4.78 is 8.82. The minimum Gasteiger partial charge on any atom is -0.497 e. The number of aliphatic hydroxyl groups excluding tert-OH is 1. The van der Waals surface area contributed by atoms with Crippen LogP contribution in [0.1, 0.15) is 16.8 Å². The normalized spacial score (nSPS) is 11.1. The van der Waals surface area contributed by atoms with E-state index >= 15 is 0 Å². The second kappa shape index (κ2) is 7.93. The van der Waals surface area contributed by atoms with Crippen LogP contribution in [0.4, 0.5) is 0 Å². The number of fused-ring (bicyclic) bond motifs is 1. The van der Waals surface area contributed by atoms with Gasteiger partial charge in [0.2, 0.25) is 0 Å². The fourth-order valence-electron chi connectivity index (χ4n) is 3.65. The first-order valence-corrected chi connectivity index (χ1v) is 9.53. The summed E-state index contributed by atoms with van der Waals surface area (Å²) in [4.78, 5) is 18.1. The zero-order valence-corrected chi connectivity index (χ0v) is 16.5. The van der Waals surface area contributed by atoms with Crippen molar-refractivity contribution in [1.82, 2.24) is 14.3 Å². The number of hydrogen-bond acceptors (Lipinski definition) is 4. The summed E-state index contributed by atoms with van der Waals surface area (Å²) in [5.74, 6) is 0.783. The third-order valence-electron chi connectivity index (χ3n) is 4.98. The summed E-state index contributed by atoms with van der Waals surface area (Å²) in [7, 11) is 1.64. The Hall–Kier alpha value is -3.38. The third kappa shape index (κ3) is 3.54. The minimum absolute atomic E-state index is 0.0208. The molecule has 0 saturated heterocycles. The number of nitrogens with zero attached hydrogens (tertiary/aromatic N) is 3. The van der Waals surface area contributed by atoms with Crippen LogP contribution in [0.15, 0.2) is 65.5 Å². The average Bonchev–Trinajstić information content (AvgIpc) is 3.01. The lowest BCUT2D eigenvalue weighted by molar-refractivity contribution is 0.300. The zero-order valence-electron chi connectivity index (χ0n) is 16.5. The molecule has 2 aromatic carbocycles. The van der Waals surface area contributed by atoms with E-state index in [-0.39, 0.29) is 12.2 Å². The van der Waals surface area contributed by atoms with E-state index in [1.54, 1.807) is 11.8 Å². The van der Waals surface area contributed by atoms with Gasteiger partial charge in [-0.2, -0.15) is 0 Å². The Morgan fingerprint density at radius 3 is 2.45 bits per heavy atom. The van der Waals surface area contributed by atoms with Crippen LogP contribution < -0.4 is 10.3 Å². The second-order valence-corrected chi connectivity index (χ2v) is 6.95. The van der Waals surface area contributed by atoms with Crippen molar-refractivity contribution in [3.05, 3.63) is 87.8 Å². The van der Waals surface area contributed by atoms with Crippen LogP contribution >= 0.6 is 0 Å². The number of hydrogen-bond donors (Lipinski definition) is 1. The molecule has 6 heteroatoms. The molecule has 6 nitrogen and oxygen atoms in total. The lowest BCUT2D eigenvalue weighted by Crippen LogP contribution is -2.22. The molecule has 0 aliphatic rings. The third-order valence-corrected chi connectivity index (χ3v) is 4.98. The highest BCUT2D eigenvalue weighted by Crippen LogP contribution is 2.21. The van der Waals surface area contributed by atoms with Crippen LogP contribution in [0.5, 0.6) is 5.75 Å². The molecule has 0 spiro atoms. The summed E-state index contributed by atoms with van der Waals surface area (Å²) >= 11 is 0. The minimum atomic E-state index is -0.129. The van der Waals surface area contributed by atoms with Crippen LogP contribution in [0.3, 0.4) is 0 Å². The van der Waals surface area contributed by atoms with Gasteiger partial charge in [0, 0.05) is 12.3 Å². The number of para-hydroxylation sites is 1. The Morgan fingerprint density at radius 2 is 1.79 bits per heavy atom. The van der Waals surface area contributed by atoms with E-state index in [0.717, 1.165) is 28.3 Å². The molecule has 0 saturated carbocycles. The van der Waals surface area contributed by atoms with Crippen LogP contribution in [-0.2, 0) is 13.0 Å². The molecule has 0 aliphatic heterocycles.